The molecule has 3 N–H and O–H groups in total. The molecule has 1 amide bonds. The first-order valence-corrected chi connectivity index (χ1v) is 21.1. The topological polar surface area (TPSA) is 95.9 Å². The standard InChI is InChI=1S/C43H81NO5/c1-3-5-7-9-11-13-15-17-19-23-27-31-35-41(46)40(39-45)44-42(47)36-32-28-24-20-18-22-26-30-34-38-49-43(48)37-33-29-25-21-16-14-12-10-8-6-4-2/h10,12,31,35,40-41,45-46H,3-9,11,13-30,32-34,36-39H2,1-2H3,(H,44,47)/b12-10-,35-31+. The molecule has 0 spiro atoms. The molecule has 2 atom stereocenters. The van der Waals surface area contributed by atoms with Gasteiger partial charge in [0.2, 0.25) is 5.91 Å². The van der Waals surface area contributed by atoms with Crippen molar-refractivity contribution in [1.29, 1.82) is 0 Å². The molecule has 0 aliphatic heterocycles. The van der Waals surface area contributed by atoms with Crippen LogP contribution in [0.1, 0.15) is 213 Å². The number of carbonyl (C=O) groups is 2. The van der Waals surface area contributed by atoms with Crippen molar-refractivity contribution in [3.05, 3.63) is 24.3 Å². The highest BCUT2D eigenvalue weighted by molar-refractivity contribution is 5.76. The van der Waals surface area contributed by atoms with Crippen LogP contribution in [0.25, 0.3) is 0 Å². The van der Waals surface area contributed by atoms with E-state index in [1.807, 2.05) is 6.08 Å². The van der Waals surface area contributed by atoms with Gasteiger partial charge < -0.3 is 20.3 Å². The summed E-state index contributed by atoms with van der Waals surface area (Å²) in [5.74, 6) is -0.138. The molecule has 2 unspecified atom stereocenters. The Hall–Kier alpha value is -1.66. The zero-order chi connectivity index (χ0) is 35.9. The smallest absolute Gasteiger partial charge is 0.305 e. The molecule has 288 valence electrons. The molecular formula is C43H81NO5. The van der Waals surface area contributed by atoms with Crippen LogP contribution in [0.2, 0.25) is 0 Å². The highest BCUT2D eigenvalue weighted by atomic mass is 16.5. The fourth-order valence-electron chi connectivity index (χ4n) is 6.14. The number of nitrogens with one attached hydrogen (secondary N) is 1. The summed E-state index contributed by atoms with van der Waals surface area (Å²) in [6.45, 7) is 4.77. The third kappa shape index (κ3) is 36.0. The molecule has 0 fully saturated rings. The highest BCUT2D eigenvalue weighted by Crippen LogP contribution is 2.14. The maximum atomic E-state index is 12.3. The number of carbonyl (C=O) groups excluding carboxylic acids is 2. The minimum Gasteiger partial charge on any atom is -0.466 e. The van der Waals surface area contributed by atoms with Crippen molar-refractivity contribution in [2.24, 2.45) is 0 Å². The molecule has 0 aromatic carbocycles. The van der Waals surface area contributed by atoms with E-state index in [2.05, 4.69) is 31.3 Å². The van der Waals surface area contributed by atoms with Gasteiger partial charge in [0.25, 0.3) is 0 Å². The van der Waals surface area contributed by atoms with Gasteiger partial charge in [-0.25, -0.2) is 0 Å². The summed E-state index contributed by atoms with van der Waals surface area (Å²) in [4.78, 5) is 24.3. The van der Waals surface area contributed by atoms with Crippen LogP contribution in [0.5, 0.6) is 0 Å². The minimum absolute atomic E-state index is 0.0396. The molecule has 6 nitrogen and oxygen atoms in total. The largest absolute Gasteiger partial charge is 0.466 e. The van der Waals surface area contributed by atoms with Gasteiger partial charge in [0, 0.05) is 12.8 Å². The maximum absolute atomic E-state index is 12.3. The Bertz CT molecular complexity index is 767. The first-order valence-electron chi connectivity index (χ1n) is 21.1. The number of hydrogen-bond acceptors (Lipinski definition) is 5. The van der Waals surface area contributed by atoms with E-state index in [4.69, 9.17) is 4.74 Å². The summed E-state index contributed by atoms with van der Waals surface area (Å²) in [7, 11) is 0. The second-order valence-electron chi connectivity index (χ2n) is 14.3. The molecule has 49 heavy (non-hydrogen) atoms. The number of hydrogen-bond donors (Lipinski definition) is 3. The van der Waals surface area contributed by atoms with E-state index in [9.17, 15) is 19.8 Å². The van der Waals surface area contributed by atoms with Crippen LogP contribution in [-0.4, -0.2) is 47.4 Å². The molecule has 0 aromatic heterocycles. The van der Waals surface area contributed by atoms with E-state index in [1.165, 1.54) is 128 Å². The molecule has 0 aromatic rings. The van der Waals surface area contributed by atoms with Crippen molar-refractivity contribution in [2.75, 3.05) is 13.2 Å². The molecule has 0 aliphatic carbocycles. The van der Waals surface area contributed by atoms with Gasteiger partial charge in [0.05, 0.1) is 25.4 Å². The lowest BCUT2D eigenvalue weighted by atomic mass is 10.0. The van der Waals surface area contributed by atoms with E-state index in [0.717, 1.165) is 57.8 Å². The Morgan fingerprint density at radius 3 is 1.51 bits per heavy atom. The molecule has 0 bridgehead atoms. The van der Waals surface area contributed by atoms with E-state index >= 15 is 0 Å². The summed E-state index contributed by atoms with van der Waals surface area (Å²) < 4.78 is 5.41. The molecule has 0 saturated heterocycles. The second kappa shape index (κ2) is 39.1. The third-order valence-corrected chi connectivity index (χ3v) is 9.47. The van der Waals surface area contributed by atoms with Crippen molar-refractivity contribution >= 4 is 11.9 Å². The van der Waals surface area contributed by atoms with E-state index < -0.39 is 12.1 Å². The predicted molar refractivity (Wildman–Crippen MR) is 209 cm³/mol. The Morgan fingerprint density at radius 1 is 0.551 bits per heavy atom. The van der Waals surface area contributed by atoms with Crippen LogP contribution in [-0.2, 0) is 14.3 Å². The SMILES string of the molecule is CCCC/C=C\CCCCCCCC(=O)OCCCCCCCCCCCC(=O)NC(CO)C(O)/C=C/CCCCCCCCCCCC. The number of rotatable bonds is 38. The lowest BCUT2D eigenvalue weighted by Gasteiger charge is -2.20. The highest BCUT2D eigenvalue weighted by Gasteiger charge is 2.18. The summed E-state index contributed by atoms with van der Waals surface area (Å²) >= 11 is 0. The van der Waals surface area contributed by atoms with Gasteiger partial charge in [-0.1, -0.05) is 173 Å². The van der Waals surface area contributed by atoms with Crippen LogP contribution in [0.4, 0.5) is 0 Å². The van der Waals surface area contributed by atoms with Crippen LogP contribution in [0.15, 0.2) is 24.3 Å². The maximum Gasteiger partial charge on any atom is 0.305 e. The molecule has 0 saturated carbocycles. The van der Waals surface area contributed by atoms with Gasteiger partial charge in [-0.15, -0.1) is 0 Å². The molecule has 0 radical (unpaired) electrons. The Labute approximate surface area is 303 Å². The summed E-state index contributed by atoms with van der Waals surface area (Å²) in [6, 6.07) is -0.646. The van der Waals surface area contributed by atoms with Crippen LogP contribution >= 0.6 is 0 Å². The lowest BCUT2D eigenvalue weighted by Crippen LogP contribution is -2.45. The molecule has 0 heterocycles. The molecule has 6 heteroatoms. The van der Waals surface area contributed by atoms with Gasteiger partial charge >= 0.3 is 5.97 Å². The summed E-state index contributed by atoms with van der Waals surface area (Å²) in [5, 5.41) is 22.9. The van der Waals surface area contributed by atoms with E-state index in [1.54, 1.807) is 6.08 Å². The quantitative estimate of drug-likeness (QED) is 0.0340. The molecule has 0 rings (SSSR count). The van der Waals surface area contributed by atoms with Crippen molar-refractivity contribution in [2.45, 2.75) is 225 Å². The number of esters is 1. The van der Waals surface area contributed by atoms with Gasteiger partial charge in [0.15, 0.2) is 0 Å². The number of ether oxygens (including phenoxy) is 1. The number of allylic oxidation sites excluding steroid dienone is 3. The normalized spacial score (nSPS) is 13.0. The van der Waals surface area contributed by atoms with Crippen molar-refractivity contribution in [1.82, 2.24) is 5.32 Å². The van der Waals surface area contributed by atoms with Gasteiger partial charge in [-0.3, -0.25) is 9.59 Å². The Balaban J connectivity index is 3.57. The number of aliphatic hydroxyl groups is 2. The van der Waals surface area contributed by atoms with E-state index in [0.29, 0.717) is 19.4 Å². The Kier molecular flexibility index (Phi) is 37.8. The number of amides is 1. The zero-order valence-electron chi connectivity index (χ0n) is 32.4. The second-order valence-corrected chi connectivity index (χ2v) is 14.3. The van der Waals surface area contributed by atoms with Crippen LogP contribution < -0.4 is 5.32 Å². The van der Waals surface area contributed by atoms with Crippen molar-refractivity contribution in [3.63, 3.8) is 0 Å². The summed E-state index contributed by atoms with van der Waals surface area (Å²) in [6.07, 6.45) is 42.9. The molecule has 0 aliphatic rings. The van der Waals surface area contributed by atoms with Gasteiger partial charge in [0.1, 0.15) is 0 Å². The zero-order valence-corrected chi connectivity index (χ0v) is 32.4. The fourth-order valence-corrected chi connectivity index (χ4v) is 6.14. The lowest BCUT2D eigenvalue weighted by molar-refractivity contribution is -0.143. The Morgan fingerprint density at radius 2 is 0.980 bits per heavy atom. The van der Waals surface area contributed by atoms with Crippen molar-refractivity contribution < 1.29 is 24.5 Å². The average molecular weight is 692 g/mol. The van der Waals surface area contributed by atoms with Crippen molar-refractivity contribution in [3.8, 4) is 0 Å². The van der Waals surface area contributed by atoms with Crippen LogP contribution in [0.3, 0.4) is 0 Å². The first kappa shape index (κ1) is 47.3. The molecular weight excluding hydrogens is 610 g/mol. The first-order chi connectivity index (χ1) is 24.0. The fraction of sp³-hybridized carbons (Fsp3) is 0.860. The number of unbranched alkanes of at least 4 members (excludes halogenated alkanes) is 25. The van der Waals surface area contributed by atoms with E-state index in [-0.39, 0.29) is 18.5 Å². The summed E-state index contributed by atoms with van der Waals surface area (Å²) in [5.41, 5.74) is 0. The minimum atomic E-state index is -0.860. The monoisotopic (exact) mass is 692 g/mol. The van der Waals surface area contributed by atoms with Gasteiger partial charge in [-0.05, 0) is 51.4 Å². The predicted octanol–water partition coefficient (Wildman–Crippen LogP) is 11.6. The van der Waals surface area contributed by atoms with Gasteiger partial charge in [-0.2, -0.15) is 0 Å². The third-order valence-electron chi connectivity index (χ3n) is 9.47. The number of aliphatic hydroxyl groups excluding tert-OH is 2. The van der Waals surface area contributed by atoms with Crippen LogP contribution in [0, 0.1) is 0 Å². The average Bonchev–Trinajstić information content (AvgIpc) is 3.10.